The van der Waals surface area contributed by atoms with Crippen LogP contribution in [0.2, 0.25) is 0 Å². The Balaban J connectivity index is 3.58. The Labute approximate surface area is 142 Å². The summed E-state index contributed by atoms with van der Waals surface area (Å²) in [4.78, 5) is 22.8. The van der Waals surface area contributed by atoms with Crippen LogP contribution in [0.15, 0.2) is 23.4 Å². The third kappa shape index (κ3) is 3.84. The van der Waals surface area contributed by atoms with Crippen LogP contribution >= 0.6 is 0 Å². The third-order valence-corrected chi connectivity index (χ3v) is 4.50. The normalized spacial score (nSPS) is 23.2. The van der Waals surface area contributed by atoms with Crippen molar-refractivity contribution in [1.29, 1.82) is 0 Å². The average molecular weight is 341 g/mol. The van der Waals surface area contributed by atoms with Gasteiger partial charge < -0.3 is 14.6 Å². The first-order valence-corrected chi connectivity index (χ1v) is 8.41. The van der Waals surface area contributed by atoms with Gasteiger partial charge in [-0.2, -0.15) is 0 Å². The topological polar surface area (TPSA) is 98.9 Å². The number of hydrogen-bond acceptors (Lipinski definition) is 5. The Kier molecular flexibility index (Phi) is 7.57. The molecule has 0 bridgehead atoms. The number of hydrogen-bond donors (Lipinski definition) is 1. The summed E-state index contributed by atoms with van der Waals surface area (Å²) in [7, 11) is 0. The second kappa shape index (κ2) is 8.94. The van der Waals surface area contributed by atoms with E-state index in [2.05, 4.69) is 0 Å². The molecule has 0 aromatic rings. The van der Waals surface area contributed by atoms with Crippen molar-refractivity contribution in [2.24, 2.45) is 5.41 Å². The van der Waals surface area contributed by atoms with Crippen LogP contribution in [0.1, 0.15) is 47.0 Å². The first kappa shape index (κ1) is 20.3. The molecule has 2 atom stereocenters. The molecule has 7 heteroatoms. The van der Waals surface area contributed by atoms with E-state index in [9.17, 15) is 20.0 Å². The van der Waals surface area contributed by atoms with Crippen molar-refractivity contribution in [3.05, 3.63) is 33.5 Å². The van der Waals surface area contributed by atoms with Crippen molar-refractivity contribution in [2.75, 3.05) is 13.2 Å². The molecule has 1 N–H and O–H groups in total. The minimum absolute atomic E-state index is 0.0200. The maximum atomic E-state index is 11.7. The molecule has 24 heavy (non-hydrogen) atoms. The van der Waals surface area contributed by atoms with Crippen LogP contribution in [0.25, 0.3) is 0 Å². The Morgan fingerprint density at radius 1 is 1.21 bits per heavy atom. The Morgan fingerprint density at radius 2 is 1.71 bits per heavy atom. The Morgan fingerprint density at radius 3 is 2.04 bits per heavy atom. The number of ether oxygens (including phenoxy) is 2. The summed E-state index contributed by atoms with van der Waals surface area (Å²) in [5.74, 6) is -1.07. The van der Waals surface area contributed by atoms with Crippen LogP contribution in [-0.4, -0.2) is 41.4 Å². The van der Waals surface area contributed by atoms with Gasteiger partial charge in [0.15, 0.2) is 0 Å². The van der Waals surface area contributed by atoms with E-state index in [1.807, 2.05) is 27.7 Å². The van der Waals surface area contributed by atoms with Gasteiger partial charge >= 0.3 is 5.97 Å². The van der Waals surface area contributed by atoms with Crippen LogP contribution in [-0.2, 0) is 14.3 Å². The highest BCUT2D eigenvalue weighted by molar-refractivity contribution is 5.87. The molecule has 0 aromatic carbocycles. The lowest BCUT2D eigenvalue weighted by Gasteiger charge is -2.44. The summed E-state index contributed by atoms with van der Waals surface area (Å²) in [6.45, 7) is 8.20. The van der Waals surface area contributed by atoms with Gasteiger partial charge in [-0.1, -0.05) is 13.8 Å². The second-order valence-corrected chi connectivity index (χ2v) is 5.73. The molecule has 0 radical (unpaired) electrons. The van der Waals surface area contributed by atoms with Gasteiger partial charge in [0.1, 0.15) is 5.41 Å². The van der Waals surface area contributed by atoms with Gasteiger partial charge in [0.25, 0.3) is 5.70 Å². The monoisotopic (exact) mass is 341 g/mol. The van der Waals surface area contributed by atoms with Gasteiger partial charge in [0.05, 0.1) is 17.1 Å². The molecular formula is C17H27NO6. The molecule has 0 saturated heterocycles. The molecule has 0 aromatic heterocycles. The van der Waals surface area contributed by atoms with E-state index in [4.69, 9.17) is 9.47 Å². The van der Waals surface area contributed by atoms with E-state index in [0.29, 0.717) is 26.1 Å². The van der Waals surface area contributed by atoms with Gasteiger partial charge in [-0.25, -0.2) is 4.79 Å². The molecule has 2 unspecified atom stereocenters. The highest BCUT2D eigenvalue weighted by atomic mass is 16.6. The minimum Gasteiger partial charge on any atom is -0.478 e. The number of carboxylic acid groups (broad SMARTS) is 1. The molecule has 0 heterocycles. The Hall–Kier alpha value is -1.73. The van der Waals surface area contributed by atoms with E-state index in [-0.39, 0.29) is 17.7 Å². The fourth-order valence-electron chi connectivity index (χ4n) is 3.61. The van der Waals surface area contributed by atoms with Gasteiger partial charge in [-0.3, -0.25) is 10.1 Å². The molecule has 136 valence electrons. The van der Waals surface area contributed by atoms with Crippen molar-refractivity contribution in [3.8, 4) is 0 Å². The van der Waals surface area contributed by atoms with E-state index in [1.165, 1.54) is 12.2 Å². The van der Waals surface area contributed by atoms with Gasteiger partial charge in [0.2, 0.25) is 0 Å². The van der Waals surface area contributed by atoms with Gasteiger partial charge in [-0.05, 0) is 32.8 Å². The summed E-state index contributed by atoms with van der Waals surface area (Å²) < 4.78 is 11.7. The lowest BCUT2D eigenvalue weighted by molar-refractivity contribution is -0.449. The highest BCUT2D eigenvalue weighted by Crippen LogP contribution is 2.48. The van der Waals surface area contributed by atoms with Crippen molar-refractivity contribution < 1.29 is 24.3 Å². The van der Waals surface area contributed by atoms with Gasteiger partial charge in [0, 0.05) is 31.3 Å². The fraction of sp³-hybridized carbons (Fsp3) is 0.706. The van der Waals surface area contributed by atoms with Crippen LogP contribution in [0.4, 0.5) is 0 Å². The van der Waals surface area contributed by atoms with Crippen LogP contribution < -0.4 is 0 Å². The van der Waals surface area contributed by atoms with Crippen LogP contribution in [0.3, 0.4) is 0 Å². The quantitative estimate of drug-likeness (QED) is 0.484. The summed E-state index contributed by atoms with van der Waals surface area (Å²) in [5.41, 5.74) is -1.02. The zero-order valence-corrected chi connectivity index (χ0v) is 14.8. The zero-order valence-electron chi connectivity index (χ0n) is 14.8. The summed E-state index contributed by atoms with van der Waals surface area (Å²) in [5, 5.41) is 21.2. The molecule has 0 fully saturated rings. The average Bonchev–Trinajstić information content (AvgIpc) is 2.56. The van der Waals surface area contributed by atoms with E-state index >= 15 is 0 Å². The number of rotatable bonds is 10. The lowest BCUT2D eigenvalue weighted by Crippen LogP contribution is -2.52. The third-order valence-electron chi connectivity index (χ3n) is 4.50. The van der Waals surface area contributed by atoms with E-state index in [0.717, 1.165) is 0 Å². The SMILES string of the molecule is CCOC(CC)C1(C(CC)OCC)CC(C(=O)O)=CC=C1[N+](=O)[O-]. The molecule has 1 aliphatic rings. The summed E-state index contributed by atoms with van der Waals surface area (Å²) in [6, 6.07) is 0. The smallest absolute Gasteiger partial charge is 0.331 e. The largest absolute Gasteiger partial charge is 0.478 e. The molecule has 0 aliphatic heterocycles. The molecular weight excluding hydrogens is 314 g/mol. The number of nitrogens with zero attached hydrogens (tertiary/aromatic N) is 1. The number of carboxylic acids is 1. The maximum absolute atomic E-state index is 11.7. The highest BCUT2D eigenvalue weighted by Gasteiger charge is 2.56. The standard InChI is InChI=1S/C17H27NO6/c1-5-14(23-7-3)17(15(6-2)24-8-4)11-12(16(19)20)9-10-13(17)18(21)22/h9-10,14-15H,5-8,11H2,1-4H3,(H,19,20). The first-order valence-electron chi connectivity index (χ1n) is 8.41. The molecule has 0 amide bonds. The summed E-state index contributed by atoms with van der Waals surface area (Å²) >= 11 is 0. The number of aliphatic carboxylic acids is 1. The van der Waals surface area contributed by atoms with Crippen LogP contribution in [0.5, 0.6) is 0 Å². The molecule has 1 aliphatic carbocycles. The van der Waals surface area contributed by atoms with Crippen LogP contribution in [0, 0.1) is 15.5 Å². The molecule has 0 saturated carbocycles. The van der Waals surface area contributed by atoms with E-state index in [1.54, 1.807) is 0 Å². The fourth-order valence-corrected chi connectivity index (χ4v) is 3.61. The maximum Gasteiger partial charge on any atom is 0.331 e. The zero-order chi connectivity index (χ0) is 18.3. The van der Waals surface area contributed by atoms with Crippen molar-refractivity contribution in [3.63, 3.8) is 0 Å². The van der Waals surface area contributed by atoms with E-state index < -0.39 is 28.5 Å². The predicted octanol–water partition coefficient (Wildman–Crippen LogP) is 3.18. The second-order valence-electron chi connectivity index (χ2n) is 5.73. The molecule has 1 rings (SSSR count). The first-order chi connectivity index (χ1) is 11.4. The molecule has 0 spiro atoms. The van der Waals surface area contributed by atoms with Crippen molar-refractivity contribution in [2.45, 2.75) is 59.2 Å². The van der Waals surface area contributed by atoms with Crippen molar-refractivity contribution >= 4 is 5.97 Å². The predicted molar refractivity (Wildman–Crippen MR) is 89.3 cm³/mol. The number of nitro groups is 1. The van der Waals surface area contributed by atoms with Crippen molar-refractivity contribution in [1.82, 2.24) is 0 Å². The number of carbonyl (C=O) groups is 1. The minimum atomic E-state index is -1.12. The summed E-state index contributed by atoms with van der Waals surface area (Å²) in [6.07, 6.45) is 2.68. The van der Waals surface area contributed by atoms with Gasteiger partial charge in [-0.15, -0.1) is 0 Å². The molecule has 7 nitrogen and oxygen atoms in total. The number of allylic oxidation sites excluding steroid dienone is 2. The Bertz CT molecular complexity index is 511. The lowest BCUT2D eigenvalue weighted by atomic mass is 9.66.